The Morgan fingerprint density at radius 1 is 1.20 bits per heavy atom. The van der Waals surface area contributed by atoms with E-state index in [1.165, 1.54) is 4.88 Å². The molecule has 0 unspecified atom stereocenters. The highest BCUT2D eigenvalue weighted by Crippen LogP contribution is 2.16. The van der Waals surface area contributed by atoms with Crippen molar-refractivity contribution in [1.29, 1.82) is 0 Å². The highest BCUT2D eigenvalue weighted by atomic mass is 32.1. The molecule has 0 aliphatic heterocycles. The lowest BCUT2D eigenvalue weighted by Gasteiger charge is -2.14. The van der Waals surface area contributed by atoms with Gasteiger partial charge in [0.15, 0.2) is 6.10 Å². The predicted molar refractivity (Wildman–Crippen MR) is 99.1 cm³/mol. The smallest absolute Gasteiger partial charge is 0.306 e. The minimum absolute atomic E-state index is 0.304. The zero-order valence-corrected chi connectivity index (χ0v) is 15.3. The van der Waals surface area contributed by atoms with Crippen LogP contribution in [-0.2, 0) is 20.7 Å². The van der Waals surface area contributed by atoms with Crippen LogP contribution in [0.3, 0.4) is 0 Å². The number of amides is 1. The number of hydrogen-bond acceptors (Lipinski definition) is 5. The molecule has 25 heavy (non-hydrogen) atoms. The van der Waals surface area contributed by atoms with E-state index in [1.54, 1.807) is 42.5 Å². The highest BCUT2D eigenvalue weighted by molar-refractivity contribution is 7.09. The van der Waals surface area contributed by atoms with Crippen LogP contribution in [0.4, 0.5) is 5.69 Å². The Labute approximate surface area is 152 Å². The molecule has 0 saturated heterocycles. The quantitative estimate of drug-likeness (QED) is 0.685. The Bertz CT molecular complexity index is 667. The van der Waals surface area contributed by atoms with Crippen LogP contribution in [-0.4, -0.2) is 24.6 Å². The van der Waals surface area contributed by atoms with E-state index >= 15 is 0 Å². The predicted octanol–water partition coefficient (Wildman–Crippen LogP) is 4.04. The van der Waals surface area contributed by atoms with Gasteiger partial charge >= 0.3 is 5.97 Å². The number of esters is 1. The van der Waals surface area contributed by atoms with Gasteiger partial charge in [0.1, 0.15) is 5.75 Å². The average molecular weight is 361 g/mol. The fourth-order valence-corrected chi connectivity index (χ4v) is 2.97. The molecule has 0 aliphatic rings. The fraction of sp³-hybridized carbons (Fsp3) is 0.368. The van der Waals surface area contributed by atoms with Gasteiger partial charge in [0.05, 0.1) is 6.61 Å². The number of benzene rings is 1. The summed E-state index contributed by atoms with van der Waals surface area (Å²) in [5.41, 5.74) is 0.633. The van der Waals surface area contributed by atoms with E-state index < -0.39 is 6.10 Å². The molecule has 1 aromatic carbocycles. The van der Waals surface area contributed by atoms with Gasteiger partial charge in [-0.2, -0.15) is 0 Å². The van der Waals surface area contributed by atoms with Crippen molar-refractivity contribution in [1.82, 2.24) is 0 Å². The number of hydrogen-bond donors (Lipinski definition) is 1. The van der Waals surface area contributed by atoms with Crippen LogP contribution in [0.2, 0.25) is 0 Å². The Morgan fingerprint density at radius 2 is 1.96 bits per heavy atom. The van der Waals surface area contributed by atoms with Crippen LogP contribution in [0.25, 0.3) is 0 Å². The minimum atomic E-state index is -0.833. The Morgan fingerprint density at radius 3 is 2.60 bits per heavy atom. The Hall–Kier alpha value is -2.34. The maximum atomic E-state index is 12.1. The number of thiophene rings is 1. The van der Waals surface area contributed by atoms with Crippen molar-refractivity contribution in [3.05, 3.63) is 46.7 Å². The molecular weight excluding hydrogens is 338 g/mol. The molecule has 0 saturated carbocycles. The van der Waals surface area contributed by atoms with Crippen molar-refractivity contribution in [2.75, 3.05) is 11.9 Å². The summed E-state index contributed by atoms with van der Waals surface area (Å²) in [7, 11) is 0. The van der Waals surface area contributed by atoms with Gasteiger partial charge in [-0.3, -0.25) is 9.59 Å². The van der Waals surface area contributed by atoms with Crippen LogP contribution in [0.1, 0.15) is 31.6 Å². The first-order valence-electron chi connectivity index (χ1n) is 8.34. The van der Waals surface area contributed by atoms with E-state index in [1.807, 2.05) is 24.4 Å². The molecule has 1 aromatic heterocycles. The lowest BCUT2D eigenvalue weighted by atomic mass is 10.2. The number of nitrogens with one attached hydrogen (secondary N) is 1. The third-order valence-electron chi connectivity index (χ3n) is 3.49. The van der Waals surface area contributed by atoms with E-state index in [4.69, 9.17) is 9.47 Å². The van der Waals surface area contributed by atoms with Gasteiger partial charge in [0, 0.05) is 17.0 Å². The van der Waals surface area contributed by atoms with Gasteiger partial charge in [-0.05, 0) is 62.4 Å². The van der Waals surface area contributed by atoms with Crippen molar-refractivity contribution in [3.8, 4) is 5.75 Å². The zero-order valence-electron chi connectivity index (χ0n) is 14.5. The summed E-state index contributed by atoms with van der Waals surface area (Å²) >= 11 is 1.67. The van der Waals surface area contributed by atoms with Gasteiger partial charge in [-0.15, -0.1) is 11.3 Å². The van der Waals surface area contributed by atoms with Gasteiger partial charge < -0.3 is 14.8 Å². The largest absolute Gasteiger partial charge is 0.494 e. The number of ether oxygens (including phenoxy) is 2. The lowest BCUT2D eigenvalue weighted by molar-refractivity contribution is -0.153. The van der Waals surface area contributed by atoms with Crippen molar-refractivity contribution in [3.63, 3.8) is 0 Å². The third-order valence-corrected chi connectivity index (χ3v) is 4.43. The molecule has 2 aromatic rings. The number of rotatable bonds is 9. The maximum Gasteiger partial charge on any atom is 0.306 e. The van der Waals surface area contributed by atoms with Crippen LogP contribution in [0, 0.1) is 0 Å². The van der Waals surface area contributed by atoms with Gasteiger partial charge in [-0.25, -0.2) is 0 Å². The maximum absolute atomic E-state index is 12.1. The van der Waals surface area contributed by atoms with Crippen molar-refractivity contribution in [2.45, 2.75) is 39.2 Å². The Balaban J connectivity index is 1.72. The van der Waals surface area contributed by atoms with E-state index in [0.717, 1.165) is 12.2 Å². The molecule has 0 spiro atoms. The first-order valence-corrected chi connectivity index (χ1v) is 9.22. The summed E-state index contributed by atoms with van der Waals surface area (Å²) in [6.45, 7) is 4.07. The van der Waals surface area contributed by atoms with Crippen molar-refractivity contribution < 1.29 is 19.1 Å². The number of carbonyl (C=O) groups excluding carboxylic acids is 2. The molecular formula is C19H23NO4S. The van der Waals surface area contributed by atoms with E-state index in [2.05, 4.69) is 5.32 Å². The van der Waals surface area contributed by atoms with Crippen LogP contribution in [0.5, 0.6) is 5.75 Å². The van der Waals surface area contributed by atoms with E-state index in [0.29, 0.717) is 25.1 Å². The fourth-order valence-electron chi connectivity index (χ4n) is 2.22. The topological polar surface area (TPSA) is 64.6 Å². The molecule has 5 nitrogen and oxygen atoms in total. The second-order valence-corrected chi connectivity index (χ2v) is 6.54. The van der Waals surface area contributed by atoms with Crippen molar-refractivity contribution in [2.24, 2.45) is 0 Å². The average Bonchev–Trinajstić information content (AvgIpc) is 3.10. The molecule has 0 bridgehead atoms. The highest BCUT2D eigenvalue weighted by Gasteiger charge is 2.17. The van der Waals surface area contributed by atoms with Crippen LogP contribution in [0.15, 0.2) is 41.8 Å². The summed E-state index contributed by atoms with van der Waals surface area (Å²) in [5, 5.41) is 4.74. The summed E-state index contributed by atoms with van der Waals surface area (Å²) in [6.07, 6.45) is 1.03. The van der Waals surface area contributed by atoms with E-state index in [9.17, 15) is 9.59 Å². The molecule has 1 atom stereocenters. The standard InChI is InChI=1S/C19H23NO4S/c1-3-23-16-11-9-15(10-12-16)20-19(22)14(2)24-18(21)8-4-6-17-7-5-13-25-17/h5,7,9-14H,3-4,6,8H2,1-2H3,(H,20,22)/t14-/m0/s1. The summed E-state index contributed by atoms with van der Waals surface area (Å²) in [6, 6.07) is 11.1. The Kier molecular flexibility index (Phi) is 7.47. The summed E-state index contributed by atoms with van der Waals surface area (Å²) in [5.74, 6) is 0.0346. The minimum Gasteiger partial charge on any atom is -0.494 e. The van der Waals surface area contributed by atoms with Gasteiger partial charge in [0.25, 0.3) is 5.91 Å². The molecule has 2 rings (SSSR count). The van der Waals surface area contributed by atoms with Crippen LogP contribution >= 0.6 is 11.3 Å². The second kappa shape index (κ2) is 9.84. The molecule has 1 amide bonds. The third kappa shape index (κ3) is 6.58. The lowest BCUT2D eigenvalue weighted by Crippen LogP contribution is -2.29. The number of carbonyl (C=O) groups is 2. The van der Waals surface area contributed by atoms with Gasteiger partial charge in [0.2, 0.25) is 0 Å². The summed E-state index contributed by atoms with van der Waals surface area (Å²) in [4.78, 5) is 25.2. The SMILES string of the molecule is CCOc1ccc(NC(=O)[C@H](C)OC(=O)CCCc2cccs2)cc1. The van der Waals surface area contributed by atoms with Crippen LogP contribution < -0.4 is 10.1 Å². The molecule has 0 aliphatic carbocycles. The van der Waals surface area contributed by atoms with E-state index in [-0.39, 0.29) is 11.9 Å². The molecule has 6 heteroatoms. The number of aryl methyl sites for hydroxylation is 1. The van der Waals surface area contributed by atoms with Gasteiger partial charge in [-0.1, -0.05) is 6.07 Å². The normalized spacial score (nSPS) is 11.6. The first-order chi connectivity index (χ1) is 12.1. The molecule has 0 fully saturated rings. The molecule has 134 valence electrons. The second-order valence-electron chi connectivity index (χ2n) is 5.51. The number of anilines is 1. The monoisotopic (exact) mass is 361 g/mol. The first kappa shape index (κ1) is 19.0. The zero-order chi connectivity index (χ0) is 18.1. The molecule has 1 heterocycles. The van der Waals surface area contributed by atoms with Crippen molar-refractivity contribution >= 4 is 28.9 Å². The molecule has 1 N–H and O–H groups in total. The summed E-state index contributed by atoms with van der Waals surface area (Å²) < 4.78 is 10.5. The molecule has 0 radical (unpaired) electrons.